The van der Waals surface area contributed by atoms with Crippen LogP contribution in [0.1, 0.15) is 12.0 Å². The normalized spacial score (nSPS) is 12.0. The van der Waals surface area contributed by atoms with Gasteiger partial charge in [0.15, 0.2) is 0 Å². The Bertz CT molecular complexity index is 404. The Morgan fingerprint density at radius 3 is 2.24 bits per heavy atom. The van der Waals surface area contributed by atoms with Crippen molar-refractivity contribution in [3.63, 3.8) is 0 Å². The summed E-state index contributed by atoms with van der Waals surface area (Å²) in [4.78, 5) is 11.6. The maximum absolute atomic E-state index is 11.6. The molecular weight excluding hydrogens is 292 g/mol. The predicted molar refractivity (Wildman–Crippen MR) is 84.8 cm³/mol. The highest BCUT2D eigenvalue weighted by molar-refractivity contribution is 8.21. The first-order valence-corrected chi connectivity index (χ1v) is 8.27. The lowest BCUT2D eigenvalue weighted by Crippen LogP contribution is -2.36. The first-order chi connectivity index (χ1) is 10.2. The third-order valence-electron chi connectivity index (χ3n) is 2.91. The number of rotatable bonds is 9. The monoisotopic (exact) mass is 316 g/mol. The number of nitrogens with one attached hydrogen (secondary N) is 2. The molecule has 6 nitrogen and oxygen atoms in total. The molecule has 1 rings (SSSR count). The number of carbonyl (C=O) groups excluding carboxylic acids is 1. The molecule has 0 aliphatic rings. The second-order valence-corrected chi connectivity index (χ2v) is 6.73. The van der Waals surface area contributed by atoms with Crippen LogP contribution < -0.4 is 10.6 Å². The third kappa shape index (κ3) is 6.34. The zero-order valence-electron chi connectivity index (χ0n) is 12.8. The highest BCUT2D eigenvalue weighted by Crippen LogP contribution is 2.49. The minimum absolute atomic E-state index is 0.188. The van der Waals surface area contributed by atoms with Gasteiger partial charge in [-0.2, -0.15) is 0 Å². The molecule has 1 aromatic rings. The van der Waals surface area contributed by atoms with E-state index in [9.17, 15) is 4.79 Å². The molecule has 21 heavy (non-hydrogen) atoms. The lowest BCUT2D eigenvalue weighted by atomic mass is 10.2. The Balaban J connectivity index is 2.19. The van der Waals surface area contributed by atoms with E-state index in [4.69, 9.17) is 12.5 Å². The van der Waals surface area contributed by atoms with Crippen molar-refractivity contribution in [3.05, 3.63) is 35.9 Å². The molecule has 0 atom stereocenters. The second kappa shape index (κ2) is 9.62. The molecule has 0 fully saturated rings. The molecule has 120 valence electrons. The Kier molecular flexibility index (Phi) is 8.14. The van der Waals surface area contributed by atoms with Gasteiger partial charge in [-0.25, -0.2) is 4.79 Å². The summed E-state index contributed by atoms with van der Waals surface area (Å²) in [5.41, 5.74) is 1.06. The van der Waals surface area contributed by atoms with Crippen molar-refractivity contribution in [2.75, 3.05) is 33.6 Å². The highest BCUT2D eigenvalue weighted by Gasteiger charge is 2.22. The van der Waals surface area contributed by atoms with Crippen LogP contribution in [0, 0.1) is 0 Å². The molecule has 0 saturated heterocycles. The van der Waals surface area contributed by atoms with Gasteiger partial charge in [0, 0.05) is 18.8 Å². The molecule has 0 unspecified atom stereocenters. The van der Waals surface area contributed by atoms with Crippen LogP contribution in [0.2, 0.25) is 0 Å². The summed E-state index contributed by atoms with van der Waals surface area (Å²) in [6.07, 6.45) is 0.712. The van der Waals surface area contributed by atoms with E-state index in [1.165, 1.54) is 0 Å². The molecule has 0 bridgehead atoms. The molecule has 0 aliphatic carbocycles. The van der Waals surface area contributed by atoms with Crippen LogP contribution in [-0.2, 0) is 19.1 Å². The molecule has 0 aliphatic heterocycles. The van der Waals surface area contributed by atoms with Gasteiger partial charge in [0.2, 0.25) is 0 Å². The van der Waals surface area contributed by atoms with Crippen molar-refractivity contribution in [1.82, 2.24) is 10.6 Å². The number of amides is 2. The molecule has 0 spiro atoms. The second-order valence-electron chi connectivity index (χ2n) is 4.21. The molecule has 0 heterocycles. The fourth-order valence-electron chi connectivity index (χ4n) is 1.75. The fraction of sp³-hybridized carbons (Fsp3) is 0.500. The summed E-state index contributed by atoms with van der Waals surface area (Å²) in [7, 11) is 2.74. The quantitative estimate of drug-likeness (QED) is 0.686. The average molecular weight is 316 g/mol. The first-order valence-electron chi connectivity index (χ1n) is 6.69. The minimum Gasteiger partial charge on any atom is -0.338 e. The van der Waals surface area contributed by atoms with Gasteiger partial charge in [0.25, 0.3) is 0 Å². The van der Waals surface area contributed by atoms with Crippen LogP contribution in [0.4, 0.5) is 4.79 Å². The predicted octanol–water partition coefficient (Wildman–Crippen LogP) is 2.36. The lowest BCUT2D eigenvalue weighted by molar-refractivity contribution is 0.238. The summed E-state index contributed by atoms with van der Waals surface area (Å²) in [6.45, 7) is 1.04. The van der Waals surface area contributed by atoms with E-state index in [1.54, 1.807) is 21.3 Å². The van der Waals surface area contributed by atoms with Crippen molar-refractivity contribution in [2.24, 2.45) is 0 Å². The summed E-state index contributed by atoms with van der Waals surface area (Å²) < 4.78 is 15.8. The number of urea groups is 1. The van der Waals surface area contributed by atoms with E-state index >= 15 is 0 Å². The van der Waals surface area contributed by atoms with E-state index in [0.29, 0.717) is 25.3 Å². The van der Waals surface area contributed by atoms with Gasteiger partial charge in [-0.3, -0.25) is 12.5 Å². The van der Waals surface area contributed by atoms with E-state index in [0.717, 1.165) is 5.56 Å². The molecule has 1 aromatic carbocycles. The lowest BCUT2D eigenvalue weighted by Gasteiger charge is -2.33. The number of carbonyl (C=O) groups is 1. The molecule has 2 N–H and O–H groups in total. The van der Waals surface area contributed by atoms with Gasteiger partial charge in [-0.05, 0) is 12.0 Å². The van der Waals surface area contributed by atoms with Crippen LogP contribution in [0.25, 0.3) is 0 Å². The van der Waals surface area contributed by atoms with Crippen LogP contribution >= 0.6 is 10.9 Å². The van der Waals surface area contributed by atoms with Gasteiger partial charge >= 0.3 is 6.03 Å². The van der Waals surface area contributed by atoms with E-state index in [-0.39, 0.29) is 6.03 Å². The Hall–Kier alpha value is -1.28. The maximum Gasteiger partial charge on any atom is 0.315 e. The van der Waals surface area contributed by atoms with Crippen LogP contribution in [-0.4, -0.2) is 39.7 Å². The fourth-order valence-corrected chi connectivity index (χ4v) is 3.15. The molecule has 2 amide bonds. The van der Waals surface area contributed by atoms with Gasteiger partial charge in [0.1, 0.15) is 0 Å². The van der Waals surface area contributed by atoms with Crippen LogP contribution in [0.5, 0.6) is 0 Å². The van der Waals surface area contributed by atoms with Gasteiger partial charge < -0.3 is 10.6 Å². The Labute approximate surface area is 128 Å². The van der Waals surface area contributed by atoms with Crippen molar-refractivity contribution in [3.8, 4) is 0 Å². The van der Waals surface area contributed by atoms with E-state index in [2.05, 4.69) is 10.6 Å². The first kappa shape index (κ1) is 17.8. The van der Waals surface area contributed by atoms with Crippen molar-refractivity contribution < 1.29 is 17.3 Å². The summed E-state index contributed by atoms with van der Waals surface area (Å²) in [5, 5.41) is 5.60. The topological polar surface area (TPSA) is 68.8 Å². The molecular formula is C14H24N2O4S. The van der Waals surface area contributed by atoms with Gasteiger partial charge in [-0.1, -0.05) is 30.3 Å². The zero-order valence-corrected chi connectivity index (χ0v) is 13.6. The van der Waals surface area contributed by atoms with Crippen molar-refractivity contribution in [1.29, 1.82) is 0 Å². The molecule has 7 heteroatoms. The van der Waals surface area contributed by atoms with E-state index < -0.39 is 10.9 Å². The SMILES string of the molecule is COS(CCCNC(=O)NCc1ccccc1)(OC)OC. The molecule has 0 aromatic heterocycles. The maximum atomic E-state index is 11.6. The summed E-state index contributed by atoms with van der Waals surface area (Å²) in [6, 6.07) is 9.57. The van der Waals surface area contributed by atoms with Crippen LogP contribution in [0.3, 0.4) is 0 Å². The Morgan fingerprint density at radius 1 is 1.05 bits per heavy atom. The summed E-state index contributed by atoms with van der Waals surface area (Å²) in [5.74, 6) is 0.607. The third-order valence-corrected chi connectivity index (χ3v) is 5.23. The molecule has 0 saturated carbocycles. The number of hydrogen-bond donors (Lipinski definition) is 2. The average Bonchev–Trinajstić information content (AvgIpc) is 2.55. The van der Waals surface area contributed by atoms with Gasteiger partial charge in [-0.15, -0.1) is 0 Å². The largest absolute Gasteiger partial charge is 0.338 e. The van der Waals surface area contributed by atoms with Gasteiger partial charge in [0.05, 0.1) is 32.2 Å². The zero-order chi connectivity index (χ0) is 15.6. The smallest absolute Gasteiger partial charge is 0.315 e. The highest BCUT2D eigenvalue weighted by atomic mass is 32.3. The number of hydrogen-bond acceptors (Lipinski definition) is 4. The standard InChI is InChI=1S/C14H24N2O4S/c1-18-21(19-2,20-3)11-7-10-15-14(17)16-12-13-8-5-4-6-9-13/h4-6,8-9H,7,10-12H2,1-3H3,(H2,15,16,17). The summed E-state index contributed by atoms with van der Waals surface area (Å²) >= 11 is 0. The molecule has 0 radical (unpaired) electrons. The van der Waals surface area contributed by atoms with Crippen LogP contribution in [0.15, 0.2) is 30.3 Å². The Morgan fingerprint density at radius 2 is 1.67 bits per heavy atom. The van der Waals surface area contributed by atoms with Crippen molar-refractivity contribution in [2.45, 2.75) is 13.0 Å². The van der Waals surface area contributed by atoms with E-state index in [1.807, 2.05) is 30.3 Å². The van der Waals surface area contributed by atoms with Crippen molar-refractivity contribution >= 4 is 16.9 Å². The minimum atomic E-state index is -1.94. The number of benzene rings is 1.